The van der Waals surface area contributed by atoms with E-state index in [2.05, 4.69) is 29.5 Å². The van der Waals surface area contributed by atoms with Crippen LogP contribution in [0, 0.1) is 11.8 Å². The fourth-order valence-electron chi connectivity index (χ4n) is 6.34. The van der Waals surface area contributed by atoms with Gasteiger partial charge in [-0.15, -0.1) is 0 Å². The van der Waals surface area contributed by atoms with Crippen molar-refractivity contribution in [2.45, 2.75) is 63.9 Å². The number of ether oxygens (including phenoxy) is 1. The van der Waals surface area contributed by atoms with Gasteiger partial charge in [0.05, 0.1) is 24.2 Å². The Hall–Kier alpha value is -2.55. The van der Waals surface area contributed by atoms with Gasteiger partial charge in [-0.1, -0.05) is 50.1 Å². The lowest BCUT2D eigenvalue weighted by atomic mass is 9.70. The number of aryl methyl sites for hydroxylation is 1. The number of nitrogens with zero attached hydrogens (tertiary/aromatic N) is 1. The van der Waals surface area contributed by atoms with Gasteiger partial charge in [0.1, 0.15) is 5.75 Å². The second kappa shape index (κ2) is 11.7. The molecule has 3 aliphatic rings. The Bertz CT molecular complexity index is 1390. The summed E-state index contributed by atoms with van der Waals surface area (Å²) in [6.45, 7) is 6.13. The van der Waals surface area contributed by atoms with Crippen LogP contribution in [0.1, 0.15) is 67.4 Å². The van der Waals surface area contributed by atoms with Crippen LogP contribution in [0.15, 0.2) is 48.6 Å². The normalized spacial score (nSPS) is 29.2. The third kappa shape index (κ3) is 6.19. The number of carbonyl (C=O) groups excluding carboxylic acids is 1. The van der Waals surface area contributed by atoms with E-state index < -0.39 is 22.0 Å². The molecule has 2 heterocycles. The molecule has 40 heavy (non-hydrogen) atoms. The molecule has 2 bridgehead atoms. The van der Waals surface area contributed by atoms with Gasteiger partial charge in [-0.25, -0.2) is 13.1 Å². The molecule has 2 aromatic rings. The van der Waals surface area contributed by atoms with Gasteiger partial charge < -0.3 is 14.7 Å². The summed E-state index contributed by atoms with van der Waals surface area (Å²) in [6.07, 6.45) is 7.83. The summed E-state index contributed by atoms with van der Waals surface area (Å²) in [5.41, 5.74) is 3.06. The maximum Gasteiger partial charge on any atom is 0.264 e. The van der Waals surface area contributed by atoms with Crippen LogP contribution < -0.4 is 14.4 Å². The Kier molecular flexibility index (Phi) is 8.50. The Balaban J connectivity index is 1.56. The van der Waals surface area contributed by atoms with Gasteiger partial charge in [0, 0.05) is 29.1 Å². The summed E-state index contributed by atoms with van der Waals surface area (Å²) in [7, 11) is -3.79. The van der Waals surface area contributed by atoms with Gasteiger partial charge >= 0.3 is 0 Å². The monoisotopic (exact) mass is 586 g/mol. The number of amides is 1. The largest absolute Gasteiger partial charge is 0.490 e. The molecule has 2 N–H and O–H groups in total. The molecule has 9 heteroatoms. The van der Waals surface area contributed by atoms with E-state index in [-0.39, 0.29) is 28.6 Å². The van der Waals surface area contributed by atoms with Crippen molar-refractivity contribution in [1.29, 1.82) is 0 Å². The minimum atomic E-state index is -3.79. The zero-order valence-electron chi connectivity index (χ0n) is 23.2. The number of allylic oxidation sites excluding steroid dienone is 1. The SMILES string of the molecule is CCCc1cc(Cl)ccc1[C@]1(C)COc2ccc3cc2N(C[C@@H]2CC[C@H]2[C@H](O)/C=C/CCCS(=O)(=O)NC3=O)C1. The van der Waals surface area contributed by atoms with Crippen LogP contribution in [0.5, 0.6) is 5.75 Å². The summed E-state index contributed by atoms with van der Waals surface area (Å²) >= 11 is 6.39. The first kappa shape index (κ1) is 29.0. The van der Waals surface area contributed by atoms with Crippen LogP contribution in [0.25, 0.3) is 0 Å². The van der Waals surface area contributed by atoms with Crippen molar-refractivity contribution < 1.29 is 23.1 Å². The van der Waals surface area contributed by atoms with Crippen LogP contribution in [-0.4, -0.2) is 51.0 Å². The molecule has 0 radical (unpaired) electrons. The number of sulfonamides is 1. The zero-order valence-corrected chi connectivity index (χ0v) is 24.8. The average Bonchev–Trinajstić information content (AvgIpc) is 3.02. The van der Waals surface area contributed by atoms with Crippen molar-refractivity contribution in [1.82, 2.24) is 4.72 Å². The highest BCUT2D eigenvalue weighted by atomic mass is 35.5. The topological polar surface area (TPSA) is 95.9 Å². The van der Waals surface area contributed by atoms with Crippen LogP contribution in [-0.2, 0) is 21.9 Å². The van der Waals surface area contributed by atoms with E-state index in [1.165, 1.54) is 11.1 Å². The number of fused-ring (bicyclic) bond motifs is 2. The predicted molar refractivity (Wildman–Crippen MR) is 159 cm³/mol. The van der Waals surface area contributed by atoms with Crippen molar-refractivity contribution in [2.75, 3.05) is 30.3 Å². The molecule has 1 fully saturated rings. The lowest BCUT2D eigenvalue weighted by Gasteiger charge is -2.44. The number of aliphatic hydroxyl groups is 1. The van der Waals surface area contributed by atoms with Crippen molar-refractivity contribution >= 4 is 33.2 Å². The number of benzene rings is 2. The molecule has 1 amide bonds. The van der Waals surface area contributed by atoms with Gasteiger partial charge in [0.15, 0.2) is 0 Å². The number of carbonyl (C=O) groups is 1. The molecule has 216 valence electrons. The number of aliphatic hydroxyl groups excluding tert-OH is 1. The standard InChI is InChI=1S/C31H39ClN2O5S/c1-3-7-21-16-24(32)11-13-26(21)31(2)19-34-18-23-9-12-25(23)28(35)8-5-4-6-15-40(37,38)33-30(36)22-10-14-29(39-20-31)27(34)17-22/h5,8,10-11,13-14,16-17,23,25,28,35H,3-4,6-7,9,12,15,18-20H2,1-2H3,(H,33,36)/b8-5+/t23-,25+,28+,31-/m0/s1. The van der Waals surface area contributed by atoms with Crippen molar-refractivity contribution in [2.24, 2.45) is 11.8 Å². The summed E-state index contributed by atoms with van der Waals surface area (Å²) in [4.78, 5) is 15.3. The van der Waals surface area contributed by atoms with E-state index in [0.717, 1.165) is 31.4 Å². The highest BCUT2D eigenvalue weighted by Gasteiger charge is 2.41. The molecule has 4 atom stereocenters. The van der Waals surface area contributed by atoms with Crippen LogP contribution in [0.2, 0.25) is 5.02 Å². The van der Waals surface area contributed by atoms with E-state index in [4.69, 9.17) is 16.3 Å². The molecule has 0 unspecified atom stereocenters. The smallest absolute Gasteiger partial charge is 0.264 e. The first-order valence-corrected chi connectivity index (χ1v) is 16.3. The quantitative estimate of drug-likeness (QED) is 0.477. The third-order valence-corrected chi connectivity index (χ3v) is 10.2. The summed E-state index contributed by atoms with van der Waals surface area (Å²) in [5, 5.41) is 11.7. The molecule has 5 rings (SSSR count). The van der Waals surface area contributed by atoms with E-state index in [1.807, 2.05) is 18.2 Å². The molecule has 1 saturated carbocycles. The first-order chi connectivity index (χ1) is 19.1. The number of hydrogen-bond donors (Lipinski definition) is 2. The molecular formula is C31H39ClN2O5S. The minimum Gasteiger partial charge on any atom is -0.490 e. The first-order valence-electron chi connectivity index (χ1n) is 14.3. The average molecular weight is 587 g/mol. The van der Waals surface area contributed by atoms with Crippen LogP contribution in [0.4, 0.5) is 5.69 Å². The molecule has 2 aliphatic heterocycles. The van der Waals surface area contributed by atoms with E-state index in [9.17, 15) is 18.3 Å². The molecule has 7 nitrogen and oxygen atoms in total. The Labute approximate surface area is 242 Å². The van der Waals surface area contributed by atoms with E-state index in [0.29, 0.717) is 43.3 Å². The van der Waals surface area contributed by atoms with Crippen LogP contribution >= 0.6 is 11.6 Å². The van der Waals surface area contributed by atoms with Crippen molar-refractivity contribution in [3.8, 4) is 5.75 Å². The third-order valence-electron chi connectivity index (χ3n) is 8.62. The maximum atomic E-state index is 13.1. The number of nitrogens with one attached hydrogen (secondary N) is 1. The fourth-order valence-corrected chi connectivity index (χ4v) is 7.59. The summed E-state index contributed by atoms with van der Waals surface area (Å²) in [6, 6.07) is 11.2. The molecule has 0 aromatic heterocycles. The lowest BCUT2D eigenvalue weighted by Crippen LogP contribution is -2.47. The minimum absolute atomic E-state index is 0.129. The molecule has 0 spiro atoms. The number of halogens is 1. The maximum absolute atomic E-state index is 13.1. The molecule has 2 aromatic carbocycles. The number of hydrogen-bond acceptors (Lipinski definition) is 6. The zero-order chi connectivity index (χ0) is 28.5. The van der Waals surface area contributed by atoms with E-state index >= 15 is 0 Å². The Morgan fingerprint density at radius 1 is 1.20 bits per heavy atom. The van der Waals surface area contributed by atoms with Gasteiger partial charge in [0.25, 0.3) is 5.91 Å². The molecule has 1 aliphatic carbocycles. The van der Waals surface area contributed by atoms with E-state index in [1.54, 1.807) is 24.3 Å². The van der Waals surface area contributed by atoms with Gasteiger partial charge in [-0.3, -0.25) is 4.79 Å². The summed E-state index contributed by atoms with van der Waals surface area (Å²) in [5.74, 6) is 0.263. The van der Waals surface area contributed by atoms with Gasteiger partial charge in [-0.2, -0.15) is 0 Å². The van der Waals surface area contributed by atoms with Gasteiger partial charge in [0.2, 0.25) is 10.0 Å². The second-order valence-electron chi connectivity index (χ2n) is 11.8. The Morgan fingerprint density at radius 2 is 2.02 bits per heavy atom. The van der Waals surface area contributed by atoms with Gasteiger partial charge in [-0.05, 0) is 85.4 Å². The number of rotatable bonds is 3. The fraction of sp³-hybridized carbons (Fsp3) is 0.516. The lowest BCUT2D eigenvalue weighted by molar-refractivity contribution is 0.0458. The highest BCUT2D eigenvalue weighted by molar-refractivity contribution is 7.90. The highest BCUT2D eigenvalue weighted by Crippen LogP contribution is 2.44. The predicted octanol–water partition coefficient (Wildman–Crippen LogP) is 5.25. The van der Waals surface area contributed by atoms with Crippen molar-refractivity contribution in [3.05, 3.63) is 70.3 Å². The molecule has 0 saturated heterocycles. The number of anilines is 1. The Morgan fingerprint density at radius 3 is 2.77 bits per heavy atom. The summed E-state index contributed by atoms with van der Waals surface area (Å²) < 4.78 is 33.8. The second-order valence-corrected chi connectivity index (χ2v) is 14.1. The van der Waals surface area contributed by atoms with Crippen molar-refractivity contribution in [3.63, 3.8) is 0 Å². The molecular weight excluding hydrogens is 548 g/mol. The van der Waals surface area contributed by atoms with Crippen LogP contribution in [0.3, 0.4) is 0 Å².